The van der Waals surface area contributed by atoms with Crippen LogP contribution in [0.2, 0.25) is 0 Å². The number of carbonyl (C=O) groups excluding carboxylic acids is 1. The highest BCUT2D eigenvalue weighted by atomic mass is 19.1. The molecule has 0 bridgehead atoms. The molecule has 1 saturated carbocycles. The number of hydrogen-bond acceptors (Lipinski definition) is 5. The van der Waals surface area contributed by atoms with Crippen molar-refractivity contribution in [2.24, 2.45) is 7.05 Å². The molecule has 1 fully saturated rings. The standard InChI is InChI=1S/C21H23FN4O3/c1-12(27)11-29-25-21(28)20-19(15-10-23-8-7-18(15)26(20)2)24-17-6-5-14(9-16(17)22)13-3-4-13/h5-10,12-13,24,27H,3-4,11H2,1-2H3,(H,25,28)/t12-/m0/s1. The summed E-state index contributed by atoms with van der Waals surface area (Å²) in [5, 5.41) is 13.1. The quantitative estimate of drug-likeness (QED) is 0.531. The van der Waals surface area contributed by atoms with Gasteiger partial charge >= 0.3 is 0 Å². The van der Waals surface area contributed by atoms with Gasteiger partial charge in [-0.1, -0.05) is 6.07 Å². The second-order valence-electron chi connectivity index (χ2n) is 7.41. The van der Waals surface area contributed by atoms with Crippen LogP contribution in [0.5, 0.6) is 0 Å². The SMILES string of the molecule is C[C@H](O)CONC(=O)c1c(Nc2ccc(C3CC3)cc2F)c2cnccc2n1C. The number of halogens is 1. The molecule has 2 aromatic heterocycles. The number of amides is 1. The van der Waals surface area contributed by atoms with Crippen LogP contribution in [0.1, 0.15) is 41.7 Å². The number of aliphatic hydroxyl groups excluding tert-OH is 1. The van der Waals surface area contributed by atoms with Gasteiger partial charge in [0.25, 0.3) is 5.91 Å². The number of hydrogen-bond donors (Lipinski definition) is 3. The Hall–Kier alpha value is -2.97. The molecule has 152 valence electrons. The van der Waals surface area contributed by atoms with Gasteiger partial charge in [-0.2, -0.15) is 0 Å². The molecule has 0 spiro atoms. The predicted molar refractivity (Wildman–Crippen MR) is 107 cm³/mol. The Balaban J connectivity index is 1.69. The van der Waals surface area contributed by atoms with Crippen molar-refractivity contribution in [1.29, 1.82) is 0 Å². The van der Waals surface area contributed by atoms with E-state index in [1.165, 1.54) is 0 Å². The third-order valence-electron chi connectivity index (χ3n) is 5.01. The average molecular weight is 398 g/mol. The number of rotatable bonds is 7. The van der Waals surface area contributed by atoms with Crippen molar-refractivity contribution in [1.82, 2.24) is 15.0 Å². The number of benzene rings is 1. The van der Waals surface area contributed by atoms with E-state index >= 15 is 0 Å². The highest BCUT2D eigenvalue weighted by Crippen LogP contribution is 2.41. The smallest absolute Gasteiger partial charge is 0.293 e. The summed E-state index contributed by atoms with van der Waals surface area (Å²) in [6.07, 6.45) is 4.73. The van der Waals surface area contributed by atoms with Crippen LogP contribution in [-0.2, 0) is 11.9 Å². The topological polar surface area (TPSA) is 88.4 Å². The van der Waals surface area contributed by atoms with Crippen molar-refractivity contribution in [2.45, 2.75) is 31.8 Å². The first-order valence-electron chi connectivity index (χ1n) is 9.54. The molecule has 1 aliphatic rings. The maximum atomic E-state index is 14.7. The molecule has 0 saturated heterocycles. The van der Waals surface area contributed by atoms with Gasteiger partial charge in [-0.25, -0.2) is 9.87 Å². The van der Waals surface area contributed by atoms with Crippen LogP contribution in [-0.4, -0.2) is 33.3 Å². The lowest BCUT2D eigenvalue weighted by Gasteiger charge is -2.12. The fourth-order valence-electron chi connectivity index (χ4n) is 3.39. The van der Waals surface area contributed by atoms with Gasteiger partial charge in [0.15, 0.2) is 0 Å². The zero-order chi connectivity index (χ0) is 20.5. The molecule has 3 aromatic rings. The number of nitrogens with zero attached hydrogens (tertiary/aromatic N) is 2. The normalized spacial score (nSPS) is 14.8. The molecule has 1 amide bonds. The number of hydroxylamine groups is 1. The predicted octanol–water partition coefficient (Wildman–Crippen LogP) is 3.38. The fourth-order valence-corrected chi connectivity index (χ4v) is 3.39. The average Bonchev–Trinajstić information content (AvgIpc) is 3.49. The van der Waals surface area contributed by atoms with Crippen LogP contribution in [0, 0.1) is 5.82 Å². The van der Waals surface area contributed by atoms with E-state index in [4.69, 9.17) is 4.84 Å². The van der Waals surface area contributed by atoms with Crippen LogP contribution in [0.15, 0.2) is 36.7 Å². The number of anilines is 2. The van der Waals surface area contributed by atoms with E-state index in [1.807, 2.05) is 6.07 Å². The first-order valence-corrected chi connectivity index (χ1v) is 9.54. The summed E-state index contributed by atoms with van der Waals surface area (Å²) in [4.78, 5) is 22.0. The molecular formula is C21H23FN4O3. The molecule has 3 N–H and O–H groups in total. The van der Waals surface area contributed by atoms with Gasteiger partial charge in [0, 0.05) is 24.8 Å². The zero-order valence-electron chi connectivity index (χ0n) is 16.3. The fraction of sp³-hybridized carbons (Fsp3) is 0.333. The van der Waals surface area contributed by atoms with E-state index in [-0.39, 0.29) is 23.8 Å². The number of pyridine rings is 1. The van der Waals surface area contributed by atoms with E-state index in [9.17, 15) is 14.3 Å². The summed E-state index contributed by atoms with van der Waals surface area (Å²) in [6.45, 7) is 1.51. The van der Waals surface area contributed by atoms with Crippen molar-refractivity contribution < 1.29 is 19.1 Å². The lowest BCUT2D eigenvalue weighted by molar-refractivity contribution is -0.00720. The Morgan fingerprint density at radius 1 is 1.41 bits per heavy atom. The summed E-state index contributed by atoms with van der Waals surface area (Å²) < 4.78 is 16.4. The molecule has 1 atom stereocenters. The Bertz CT molecular complexity index is 1060. The van der Waals surface area contributed by atoms with Gasteiger partial charge in [0.2, 0.25) is 0 Å². The van der Waals surface area contributed by atoms with Crippen molar-refractivity contribution in [3.05, 3.63) is 53.7 Å². The molecule has 2 heterocycles. The number of nitrogens with one attached hydrogen (secondary N) is 2. The van der Waals surface area contributed by atoms with Gasteiger partial charge < -0.3 is 15.0 Å². The van der Waals surface area contributed by atoms with Gasteiger partial charge in [0.05, 0.1) is 23.0 Å². The molecule has 0 radical (unpaired) electrons. The molecule has 1 aliphatic carbocycles. The number of carbonyl (C=O) groups is 1. The zero-order valence-corrected chi connectivity index (χ0v) is 16.3. The Labute approximate surface area is 167 Å². The number of aliphatic hydroxyl groups is 1. The first kappa shape index (κ1) is 19.4. The van der Waals surface area contributed by atoms with Crippen molar-refractivity contribution >= 4 is 28.2 Å². The van der Waals surface area contributed by atoms with E-state index in [0.717, 1.165) is 23.9 Å². The van der Waals surface area contributed by atoms with Crippen LogP contribution >= 0.6 is 0 Å². The largest absolute Gasteiger partial charge is 0.391 e. The monoisotopic (exact) mass is 398 g/mol. The maximum absolute atomic E-state index is 14.7. The molecule has 1 aromatic carbocycles. The third-order valence-corrected chi connectivity index (χ3v) is 5.01. The lowest BCUT2D eigenvalue weighted by Crippen LogP contribution is -2.29. The molecule has 29 heavy (non-hydrogen) atoms. The van der Waals surface area contributed by atoms with Gasteiger partial charge in [-0.05, 0) is 49.4 Å². The molecule has 0 aliphatic heterocycles. The summed E-state index contributed by atoms with van der Waals surface area (Å²) in [5.41, 5.74) is 5.08. The lowest BCUT2D eigenvalue weighted by atomic mass is 10.1. The van der Waals surface area contributed by atoms with Crippen LogP contribution in [0.3, 0.4) is 0 Å². The van der Waals surface area contributed by atoms with Crippen LogP contribution in [0.4, 0.5) is 15.8 Å². The van der Waals surface area contributed by atoms with E-state index < -0.39 is 12.0 Å². The second kappa shape index (κ2) is 7.81. The summed E-state index contributed by atoms with van der Waals surface area (Å²) in [6, 6.07) is 6.94. The maximum Gasteiger partial charge on any atom is 0.293 e. The van der Waals surface area contributed by atoms with Gasteiger partial charge in [-0.15, -0.1) is 0 Å². The highest BCUT2D eigenvalue weighted by Gasteiger charge is 2.25. The van der Waals surface area contributed by atoms with Gasteiger partial charge in [0.1, 0.15) is 18.1 Å². The minimum Gasteiger partial charge on any atom is -0.391 e. The highest BCUT2D eigenvalue weighted by molar-refractivity contribution is 6.09. The molecule has 8 heteroatoms. The van der Waals surface area contributed by atoms with Crippen LogP contribution in [0.25, 0.3) is 10.9 Å². The summed E-state index contributed by atoms with van der Waals surface area (Å²) >= 11 is 0. The number of aryl methyl sites for hydroxylation is 1. The number of aromatic nitrogens is 2. The van der Waals surface area contributed by atoms with E-state index in [2.05, 4.69) is 15.8 Å². The number of fused-ring (bicyclic) bond motifs is 1. The Kier molecular flexibility index (Phi) is 5.21. The summed E-state index contributed by atoms with van der Waals surface area (Å²) in [7, 11) is 1.74. The van der Waals surface area contributed by atoms with E-state index in [1.54, 1.807) is 49.1 Å². The minimum absolute atomic E-state index is 0.0444. The van der Waals surface area contributed by atoms with E-state index in [0.29, 0.717) is 17.0 Å². The summed E-state index contributed by atoms with van der Waals surface area (Å²) in [5.74, 6) is -0.429. The second-order valence-corrected chi connectivity index (χ2v) is 7.41. The third kappa shape index (κ3) is 3.94. The van der Waals surface area contributed by atoms with Gasteiger partial charge in [-0.3, -0.25) is 14.6 Å². The Morgan fingerprint density at radius 3 is 2.90 bits per heavy atom. The molecule has 7 nitrogen and oxygen atoms in total. The molecule has 0 unspecified atom stereocenters. The Morgan fingerprint density at radius 2 is 2.21 bits per heavy atom. The minimum atomic E-state index is -0.719. The molecular weight excluding hydrogens is 375 g/mol. The first-order chi connectivity index (χ1) is 14.0. The van der Waals surface area contributed by atoms with Crippen LogP contribution < -0.4 is 10.8 Å². The van der Waals surface area contributed by atoms with Crippen molar-refractivity contribution in [3.8, 4) is 0 Å². The van der Waals surface area contributed by atoms with Crippen molar-refractivity contribution in [3.63, 3.8) is 0 Å². The molecule has 4 rings (SSSR count). The van der Waals surface area contributed by atoms with Crippen molar-refractivity contribution in [2.75, 3.05) is 11.9 Å².